The number of benzene rings is 9. The molecule has 0 aliphatic carbocycles. The van der Waals surface area contributed by atoms with Gasteiger partial charge in [-0.3, -0.25) is 4.57 Å². The molecule has 13 aromatic rings. The Labute approximate surface area is 320 Å². The number of hydrogen-bond donors (Lipinski definition) is 0. The highest BCUT2D eigenvalue weighted by atomic mass is 15.2. The smallest absolute Gasteiger partial charge is 0.235 e. The molecule has 4 aromatic heterocycles. The first kappa shape index (κ1) is 29.8. The van der Waals surface area contributed by atoms with Crippen molar-refractivity contribution in [1.29, 1.82) is 0 Å². The van der Waals surface area contributed by atoms with Gasteiger partial charge in [0.1, 0.15) is 0 Å². The predicted molar refractivity (Wildman–Crippen MR) is 234 cm³/mol. The molecule has 0 atom stereocenters. The summed E-state index contributed by atoms with van der Waals surface area (Å²) < 4.78 is 4.84. The number of rotatable bonds is 3. The fourth-order valence-corrected chi connectivity index (χ4v) is 9.63. The quantitative estimate of drug-likeness (QED) is 0.183. The van der Waals surface area contributed by atoms with E-state index in [0.717, 1.165) is 33.2 Å². The van der Waals surface area contributed by atoms with Crippen LogP contribution in [-0.2, 0) is 0 Å². The average Bonchev–Trinajstić information content (AvgIpc) is 3.92. The van der Waals surface area contributed by atoms with Crippen molar-refractivity contribution in [1.82, 2.24) is 18.9 Å². The second-order valence-corrected chi connectivity index (χ2v) is 14.9. The van der Waals surface area contributed by atoms with Crippen molar-refractivity contribution in [2.75, 3.05) is 0 Å². The molecule has 0 amide bonds. The Bertz CT molecular complexity index is 3760. The summed E-state index contributed by atoms with van der Waals surface area (Å²) in [6, 6.07) is 65.7. The second-order valence-electron chi connectivity index (χ2n) is 14.9. The molecule has 0 N–H and O–H groups in total. The average molecular weight is 711 g/mol. The third kappa shape index (κ3) is 3.92. The van der Waals surface area contributed by atoms with Crippen molar-refractivity contribution in [2.24, 2.45) is 0 Å². The van der Waals surface area contributed by atoms with Crippen LogP contribution in [0.15, 0.2) is 182 Å². The summed E-state index contributed by atoms with van der Waals surface area (Å²) in [5.74, 6) is 0.662. The highest BCUT2D eigenvalue weighted by Crippen LogP contribution is 2.48. The molecule has 56 heavy (non-hydrogen) atoms. The van der Waals surface area contributed by atoms with E-state index in [2.05, 4.69) is 191 Å². The zero-order chi connectivity index (χ0) is 36.5. The minimum atomic E-state index is 0.662. The zero-order valence-corrected chi connectivity index (χ0v) is 30.1. The molecule has 0 saturated heterocycles. The molecule has 4 heterocycles. The van der Waals surface area contributed by atoms with Crippen LogP contribution in [-0.4, -0.2) is 18.9 Å². The molecule has 0 saturated carbocycles. The summed E-state index contributed by atoms with van der Waals surface area (Å²) in [4.78, 5) is 10.9. The Hall–Kier alpha value is -7.56. The van der Waals surface area contributed by atoms with Crippen molar-refractivity contribution in [3.8, 4) is 28.3 Å². The van der Waals surface area contributed by atoms with Gasteiger partial charge in [0, 0.05) is 48.7 Å². The molecule has 0 fully saturated rings. The van der Waals surface area contributed by atoms with Crippen LogP contribution in [0.2, 0.25) is 0 Å². The van der Waals surface area contributed by atoms with Gasteiger partial charge in [0.05, 0.1) is 38.8 Å². The van der Waals surface area contributed by atoms with Crippen LogP contribution in [0.3, 0.4) is 0 Å². The van der Waals surface area contributed by atoms with Gasteiger partial charge in [-0.15, -0.1) is 0 Å². The molecule has 0 unspecified atom stereocenters. The van der Waals surface area contributed by atoms with Crippen molar-refractivity contribution in [3.63, 3.8) is 0 Å². The van der Waals surface area contributed by atoms with Crippen LogP contribution in [0.1, 0.15) is 0 Å². The standard InChI is InChI=1S/C52H30N4/c1-2-13-34-30-35(29-26-31(34)12-1)32-24-27-33(28-25-32)48-40-17-5-8-21-43(40)53-52(54-48)56-45-23-10-7-18-41(45)46-37-15-3-4-16-39(37)50-47(51(46)56)42-20-11-19-38-36-14-6-9-22-44(36)55(50)49(38)42/h1-30H. The molecule has 4 heteroatoms. The maximum atomic E-state index is 5.54. The van der Waals surface area contributed by atoms with Gasteiger partial charge in [-0.1, -0.05) is 158 Å². The minimum absolute atomic E-state index is 0.662. The molecule has 0 radical (unpaired) electrons. The van der Waals surface area contributed by atoms with Crippen molar-refractivity contribution in [3.05, 3.63) is 182 Å². The van der Waals surface area contributed by atoms with E-state index in [0.29, 0.717) is 5.95 Å². The van der Waals surface area contributed by atoms with E-state index in [1.165, 1.54) is 81.5 Å². The Morgan fingerprint density at radius 1 is 0.339 bits per heavy atom. The van der Waals surface area contributed by atoms with Crippen LogP contribution >= 0.6 is 0 Å². The Morgan fingerprint density at radius 3 is 1.80 bits per heavy atom. The van der Waals surface area contributed by atoms with E-state index < -0.39 is 0 Å². The second kappa shape index (κ2) is 11.0. The summed E-state index contributed by atoms with van der Waals surface area (Å²) >= 11 is 0. The number of para-hydroxylation sites is 4. The summed E-state index contributed by atoms with van der Waals surface area (Å²) in [6.07, 6.45) is 0. The molecular weight excluding hydrogens is 681 g/mol. The van der Waals surface area contributed by atoms with Crippen LogP contribution in [0, 0.1) is 0 Å². The maximum Gasteiger partial charge on any atom is 0.235 e. The van der Waals surface area contributed by atoms with E-state index in [-0.39, 0.29) is 0 Å². The third-order valence-electron chi connectivity index (χ3n) is 12.0. The molecule has 0 aliphatic rings. The minimum Gasteiger partial charge on any atom is -0.307 e. The fraction of sp³-hybridized carbons (Fsp3) is 0. The monoisotopic (exact) mass is 710 g/mol. The summed E-state index contributed by atoms with van der Waals surface area (Å²) in [5.41, 5.74) is 11.2. The lowest BCUT2D eigenvalue weighted by Crippen LogP contribution is -2.04. The van der Waals surface area contributed by atoms with Crippen molar-refractivity contribution in [2.45, 2.75) is 0 Å². The van der Waals surface area contributed by atoms with E-state index in [4.69, 9.17) is 9.97 Å². The first-order valence-corrected chi connectivity index (χ1v) is 19.2. The van der Waals surface area contributed by atoms with Gasteiger partial charge in [0.25, 0.3) is 0 Å². The van der Waals surface area contributed by atoms with E-state index >= 15 is 0 Å². The van der Waals surface area contributed by atoms with Crippen LogP contribution < -0.4 is 0 Å². The van der Waals surface area contributed by atoms with Crippen molar-refractivity contribution >= 4 is 92.3 Å². The van der Waals surface area contributed by atoms with Gasteiger partial charge in [-0.05, 0) is 51.6 Å². The number of nitrogens with zero attached hydrogens (tertiary/aromatic N) is 4. The van der Waals surface area contributed by atoms with Gasteiger partial charge in [-0.25, -0.2) is 9.97 Å². The molecular formula is C52H30N4. The molecule has 0 spiro atoms. The lowest BCUT2D eigenvalue weighted by atomic mass is 9.98. The lowest BCUT2D eigenvalue weighted by molar-refractivity contribution is 1.02. The summed E-state index contributed by atoms with van der Waals surface area (Å²) in [5, 5.41) is 13.4. The SMILES string of the molecule is c1ccc2cc(-c3ccc(-c4nc(-n5c6ccccc6c6c7ccccc7c7c(c8cccc9c%10ccccc%10n7c98)c65)nc5ccccc45)cc3)ccc2c1. The number of aromatic nitrogens is 4. The summed E-state index contributed by atoms with van der Waals surface area (Å²) in [7, 11) is 0. The number of hydrogen-bond acceptors (Lipinski definition) is 2. The maximum absolute atomic E-state index is 5.54. The first-order valence-electron chi connectivity index (χ1n) is 19.2. The summed E-state index contributed by atoms with van der Waals surface area (Å²) in [6.45, 7) is 0. The predicted octanol–water partition coefficient (Wildman–Crippen LogP) is 13.5. The van der Waals surface area contributed by atoms with Crippen LogP contribution in [0.4, 0.5) is 0 Å². The lowest BCUT2D eigenvalue weighted by Gasteiger charge is -2.13. The van der Waals surface area contributed by atoms with Gasteiger partial charge >= 0.3 is 0 Å². The van der Waals surface area contributed by atoms with Gasteiger partial charge < -0.3 is 4.40 Å². The molecule has 0 bridgehead atoms. The molecule has 4 nitrogen and oxygen atoms in total. The fourth-order valence-electron chi connectivity index (χ4n) is 9.63. The largest absolute Gasteiger partial charge is 0.307 e. The number of fused-ring (bicyclic) bond motifs is 15. The first-order chi connectivity index (χ1) is 27.8. The molecule has 13 rings (SSSR count). The van der Waals surface area contributed by atoms with Gasteiger partial charge in [0.15, 0.2) is 0 Å². The topological polar surface area (TPSA) is 35.1 Å². The van der Waals surface area contributed by atoms with Gasteiger partial charge in [-0.2, -0.15) is 0 Å². The third-order valence-corrected chi connectivity index (χ3v) is 12.0. The van der Waals surface area contributed by atoms with Crippen molar-refractivity contribution < 1.29 is 0 Å². The highest BCUT2D eigenvalue weighted by Gasteiger charge is 2.26. The molecule has 9 aromatic carbocycles. The van der Waals surface area contributed by atoms with Crippen LogP contribution in [0.5, 0.6) is 0 Å². The van der Waals surface area contributed by atoms with E-state index in [1.807, 2.05) is 0 Å². The van der Waals surface area contributed by atoms with Crippen LogP contribution in [0.25, 0.3) is 121 Å². The van der Waals surface area contributed by atoms with Gasteiger partial charge in [0.2, 0.25) is 5.95 Å². The van der Waals surface area contributed by atoms with E-state index in [1.54, 1.807) is 0 Å². The Balaban J connectivity index is 1.14. The Morgan fingerprint density at radius 2 is 0.946 bits per heavy atom. The molecule has 0 aliphatic heterocycles. The highest BCUT2D eigenvalue weighted by molar-refractivity contribution is 6.39. The normalized spacial score (nSPS) is 12.3. The molecule has 258 valence electrons. The van der Waals surface area contributed by atoms with E-state index in [9.17, 15) is 0 Å². The Kier molecular flexibility index (Phi) is 5.86. The zero-order valence-electron chi connectivity index (χ0n) is 30.1.